The molecule has 1 aliphatic rings. The molecule has 0 spiro atoms. The highest BCUT2D eigenvalue weighted by molar-refractivity contribution is 6.11. The molecule has 1 rings (SSSR count). The second kappa shape index (κ2) is 3.10. The Morgan fingerprint density at radius 3 is 2.18 bits per heavy atom. The minimum Gasteiger partial charge on any atom is -0.400 e. The van der Waals surface area contributed by atoms with Crippen molar-refractivity contribution < 1.29 is 20.4 Å². The summed E-state index contributed by atoms with van der Waals surface area (Å²) in [7, 11) is 4.97. The third kappa shape index (κ3) is 1.56. The first-order chi connectivity index (χ1) is 5.09. The van der Waals surface area contributed by atoms with Crippen LogP contribution in [0.4, 0.5) is 0 Å². The molecule has 1 saturated carbocycles. The quantitative estimate of drug-likeness (QED) is 0.340. The first-order valence-corrected chi connectivity index (χ1v) is 3.50. The zero-order chi connectivity index (χ0) is 8.59. The first kappa shape index (κ1) is 9.00. The molecule has 0 aromatic carbocycles. The minimum absolute atomic E-state index is 0.185. The van der Waals surface area contributed by atoms with Crippen molar-refractivity contribution in [2.24, 2.45) is 11.8 Å². The summed E-state index contributed by atoms with van der Waals surface area (Å²) in [6.07, 6.45) is -1.87. The van der Waals surface area contributed by atoms with Gasteiger partial charge in [0.2, 0.25) is 0 Å². The van der Waals surface area contributed by atoms with E-state index in [1.165, 1.54) is 0 Å². The SMILES string of the molecule is [B][C@H](O)C(O)C1C(O)C1CO. The predicted molar refractivity (Wildman–Crippen MR) is 37.8 cm³/mol. The summed E-state index contributed by atoms with van der Waals surface area (Å²) < 4.78 is 0. The summed E-state index contributed by atoms with van der Waals surface area (Å²) in [4.78, 5) is 0. The van der Waals surface area contributed by atoms with Crippen molar-refractivity contribution in [2.45, 2.75) is 18.2 Å². The van der Waals surface area contributed by atoms with Crippen LogP contribution in [0.5, 0.6) is 0 Å². The maximum absolute atomic E-state index is 9.09. The Hall–Kier alpha value is -0.0951. The van der Waals surface area contributed by atoms with Crippen LogP contribution in [0, 0.1) is 11.8 Å². The van der Waals surface area contributed by atoms with Crippen LogP contribution >= 0.6 is 0 Å². The predicted octanol–water partition coefficient (Wildman–Crippen LogP) is -2.57. The Balaban J connectivity index is 2.39. The van der Waals surface area contributed by atoms with E-state index in [0.29, 0.717) is 0 Å². The minimum atomic E-state index is -1.34. The summed E-state index contributed by atoms with van der Waals surface area (Å²) in [5, 5.41) is 35.4. The second-order valence-corrected chi connectivity index (χ2v) is 2.90. The van der Waals surface area contributed by atoms with Gasteiger partial charge in [0.1, 0.15) is 7.85 Å². The van der Waals surface area contributed by atoms with Gasteiger partial charge in [-0.15, -0.1) is 0 Å². The fourth-order valence-electron chi connectivity index (χ4n) is 1.29. The lowest BCUT2D eigenvalue weighted by Crippen LogP contribution is -2.29. The lowest BCUT2D eigenvalue weighted by molar-refractivity contribution is 0.0374. The molecular formula is C6H11BO4. The maximum atomic E-state index is 9.09. The average Bonchev–Trinajstić information content (AvgIpc) is 2.59. The van der Waals surface area contributed by atoms with Crippen LogP contribution < -0.4 is 0 Å². The fourth-order valence-corrected chi connectivity index (χ4v) is 1.29. The molecule has 0 aliphatic heterocycles. The van der Waals surface area contributed by atoms with Crippen molar-refractivity contribution in [1.82, 2.24) is 0 Å². The molecule has 1 aliphatic carbocycles. The Kier molecular flexibility index (Phi) is 2.54. The fraction of sp³-hybridized carbons (Fsp3) is 1.00. The van der Waals surface area contributed by atoms with Gasteiger partial charge in [0.05, 0.1) is 12.2 Å². The molecule has 62 valence electrons. The normalized spacial score (nSPS) is 41.6. The maximum Gasteiger partial charge on any atom is 0.112 e. The van der Waals surface area contributed by atoms with Gasteiger partial charge in [-0.1, -0.05) is 0 Å². The highest BCUT2D eigenvalue weighted by Crippen LogP contribution is 2.41. The van der Waals surface area contributed by atoms with Crippen LogP contribution in [0.1, 0.15) is 0 Å². The second-order valence-electron chi connectivity index (χ2n) is 2.90. The molecule has 2 radical (unpaired) electrons. The van der Waals surface area contributed by atoms with Crippen molar-refractivity contribution in [3.63, 3.8) is 0 Å². The van der Waals surface area contributed by atoms with Crippen LogP contribution in [-0.2, 0) is 0 Å². The zero-order valence-electron chi connectivity index (χ0n) is 5.96. The van der Waals surface area contributed by atoms with E-state index >= 15 is 0 Å². The van der Waals surface area contributed by atoms with Crippen LogP contribution in [0.15, 0.2) is 0 Å². The van der Waals surface area contributed by atoms with Crippen molar-refractivity contribution in [1.29, 1.82) is 0 Å². The van der Waals surface area contributed by atoms with E-state index in [9.17, 15) is 0 Å². The molecule has 0 saturated heterocycles. The highest BCUT2D eigenvalue weighted by atomic mass is 16.3. The summed E-state index contributed by atoms with van der Waals surface area (Å²) in [5.41, 5.74) is 0. The molecule has 5 heteroatoms. The molecule has 0 amide bonds. The smallest absolute Gasteiger partial charge is 0.112 e. The Morgan fingerprint density at radius 1 is 1.36 bits per heavy atom. The van der Waals surface area contributed by atoms with Gasteiger partial charge < -0.3 is 20.4 Å². The standard InChI is InChI=1S/C6H11BO4/c7-6(11)5(10)3-2(1-8)4(3)9/h2-6,8-11H,1H2/t2?,3?,4?,5?,6-/m1/s1. The van der Waals surface area contributed by atoms with Crippen LogP contribution in [0.2, 0.25) is 0 Å². The van der Waals surface area contributed by atoms with E-state index in [1.807, 2.05) is 0 Å². The molecule has 0 aromatic rings. The van der Waals surface area contributed by atoms with Gasteiger partial charge in [0.25, 0.3) is 0 Å². The van der Waals surface area contributed by atoms with Gasteiger partial charge in [0.15, 0.2) is 0 Å². The van der Waals surface area contributed by atoms with Gasteiger partial charge in [-0.2, -0.15) is 0 Å². The lowest BCUT2D eigenvalue weighted by Gasteiger charge is -2.12. The number of aliphatic hydroxyl groups is 4. The molecule has 11 heavy (non-hydrogen) atoms. The van der Waals surface area contributed by atoms with E-state index in [1.54, 1.807) is 0 Å². The van der Waals surface area contributed by atoms with Gasteiger partial charge in [0, 0.05) is 24.4 Å². The highest BCUT2D eigenvalue weighted by Gasteiger charge is 2.53. The third-order valence-electron chi connectivity index (χ3n) is 2.14. The zero-order valence-corrected chi connectivity index (χ0v) is 5.96. The van der Waals surface area contributed by atoms with Crippen LogP contribution in [0.3, 0.4) is 0 Å². The molecule has 0 bridgehead atoms. The van der Waals surface area contributed by atoms with E-state index < -0.39 is 24.1 Å². The number of hydrogen-bond acceptors (Lipinski definition) is 4. The average molecular weight is 158 g/mol. The number of aliphatic hydroxyl groups excluding tert-OH is 4. The van der Waals surface area contributed by atoms with Gasteiger partial charge in [-0.05, 0) is 0 Å². The number of rotatable bonds is 3. The Labute approximate surface area is 65.9 Å². The van der Waals surface area contributed by atoms with Crippen molar-refractivity contribution in [2.75, 3.05) is 6.61 Å². The lowest BCUT2D eigenvalue weighted by atomic mass is 9.91. The molecule has 0 heterocycles. The van der Waals surface area contributed by atoms with Crippen LogP contribution in [0.25, 0.3) is 0 Å². The first-order valence-electron chi connectivity index (χ1n) is 3.50. The molecular weight excluding hydrogens is 147 g/mol. The molecule has 4 N–H and O–H groups in total. The van der Waals surface area contributed by atoms with Gasteiger partial charge in [-0.3, -0.25) is 0 Å². The Morgan fingerprint density at radius 2 is 1.91 bits per heavy atom. The van der Waals surface area contributed by atoms with Crippen molar-refractivity contribution in [3.8, 4) is 0 Å². The third-order valence-corrected chi connectivity index (χ3v) is 2.14. The Bertz CT molecular complexity index is 141. The summed E-state index contributed by atoms with van der Waals surface area (Å²) in [6.45, 7) is -0.185. The largest absolute Gasteiger partial charge is 0.400 e. The molecule has 4 unspecified atom stereocenters. The van der Waals surface area contributed by atoms with E-state index in [2.05, 4.69) is 0 Å². The number of hydrogen-bond donors (Lipinski definition) is 4. The monoisotopic (exact) mass is 158 g/mol. The van der Waals surface area contributed by atoms with E-state index in [4.69, 9.17) is 28.3 Å². The summed E-state index contributed by atoms with van der Waals surface area (Å²) in [6, 6.07) is -1.34. The van der Waals surface area contributed by atoms with E-state index in [-0.39, 0.29) is 12.5 Å². The van der Waals surface area contributed by atoms with Gasteiger partial charge in [-0.25, -0.2) is 0 Å². The molecule has 0 aromatic heterocycles. The topological polar surface area (TPSA) is 80.9 Å². The van der Waals surface area contributed by atoms with Gasteiger partial charge >= 0.3 is 0 Å². The molecule has 1 fully saturated rings. The van der Waals surface area contributed by atoms with Crippen molar-refractivity contribution in [3.05, 3.63) is 0 Å². The molecule has 5 atom stereocenters. The van der Waals surface area contributed by atoms with Crippen LogP contribution in [-0.4, -0.2) is 53.1 Å². The molecule has 4 nitrogen and oxygen atoms in total. The van der Waals surface area contributed by atoms with Crippen molar-refractivity contribution >= 4 is 7.85 Å². The summed E-state index contributed by atoms with van der Waals surface area (Å²) >= 11 is 0. The summed E-state index contributed by atoms with van der Waals surface area (Å²) in [5.74, 6) is -0.803. The van der Waals surface area contributed by atoms with E-state index in [0.717, 1.165) is 0 Å².